The van der Waals surface area contributed by atoms with Crippen molar-refractivity contribution in [2.75, 3.05) is 57.9 Å². The minimum Gasteiger partial charge on any atom is -0.492 e. The topological polar surface area (TPSA) is 88.3 Å². The third-order valence-corrected chi connectivity index (χ3v) is 7.43. The van der Waals surface area contributed by atoms with Gasteiger partial charge < -0.3 is 19.3 Å². The van der Waals surface area contributed by atoms with Crippen molar-refractivity contribution in [3.05, 3.63) is 42.0 Å². The molecule has 1 amide bonds. The Morgan fingerprint density at radius 3 is 2.50 bits per heavy atom. The number of ether oxygens (including phenoxy) is 2. The molecule has 4 heterocycles. The lowest BCUT2D eigenvalue weighted by atomic mass is 9.89. The average Bonchev–Trinajstić information content (AvgIpc) is 3.32. The van der Waals surface area contributed by atoms with E-state index in [1.165, 1.54) is 5.56 Å². The van der Waals surface area contributed by atoms with E-state index in [2.05, 4.69) is 56.3 Å². The second kappa shape index (κ2) is 10.7. The number of methoxy groups -OCH3 is 1. The largest absolute Gasteiger partial charge is 0.492 e. The highest BCUT2D eigenvalue weighted by molar-refractivity contribution is 5.73. The summed E-state index contributed by atoms with van der Waals surface area (Å²) in [5, 5.41) is 12.7. The quantitative estimate of drug-likeness (QED) is 0.496. The molecule has 2 aliphatic heterocycles. The number of piperidine rings is 1. The van der Waals surface area contributed by atoms with Gasteiger partial charge in [0.2, 0.25) is 5.91 Å². The Bertz CT molecular complexity index is 1170. The first-order valence-electron chi connectivity index (χ1n) is 12.8. The molecule has 10 nitrogen and oxygen atoms in total. The Morgan fingerprint density at radius 2 is 1.81 bits per heavy atom. The Morgan fingerprint density at radius 1 is 1.03 bits per heavy atom. The molecule has 0 aliphatic carbocycles. The average molecular weight is 494 g/mol. The second-order valence-corrected chi connectivity index (χ2v) is 9.68. The molecular weight excluding hydrogens is 458 g/mol. The van der Waals surface area contributed by atoms with Crippen LogP contribution in [-0.4, -0.2) is 94.5 Å². The highest BCUT2D eigenvalue weighted by Crippen LogP contribution is 2.31. The number of hydrogen-bond acceptors (Lipinski definition) is 8. The normalized spacial score (nSPS) is 19.6. The van der Waals surface area contributed by atoms with Crippen LogP contribution in [0.1, 0.15) is 38.2 Å². The van der Waals surface area contributed by atoms with E-state index in [-0.39, 0.29) is 5.91 Å². The summed E-state index contributed by atoms with van der Waals surface area (Å²) in [6.45, 7) is 9.72. The highest BCUT2D eigenvalue weighted by Gasteiger charge is 2.25. The van der Waals surface area contributed by atoms with Crippen molar-refractivity contribution in [2.45, 2.75) is 38.6 Å². The third-order valence-electron chi connectivity index (χ3n) is 7.43. The molecule has 0 saturated carbocycles. The van der Waals surface area contributed by atoms with Crippen molar-refractivity contribution in [3.63, 3.8) is 0 Å². The molecule has 3 aromatic rings. The van der Waals surface area contributed by atoms with Crippen molar-refractivity contribution < 1.29 is 14.3 Å². The highest BCUT2D eigenvalue weighted by atomic mass is 16.5. The molecular formula is C26H35N7O3. The fourth-order valence-corrected chi connectivity index (χ4v) is 5.23. The van der Waals surface area contributed by atoms with Gasteiger partial charge in [0.25, 0.3) is 0 Å². The van der Waals surface area contributed by atoms with Crippen LogP contribution < -0.4 is 14.4 Å². The summed E-state index contributed by atoms with van der Waals surface area (Å²) in [6, 6.07) is 13.3. The molecule has 2 fully saturated rings. The van der Waals surface area contributed by atoms with E-state index in [0.29, 0.717) is 30.2 Å². The van der Waals surface area contributed by atoms with Crippen LogP contribution in [0.4, 0.5) is 5.82 Å². The van der Waals surface area contributed by atoms with Gasteiger partial charge in [-0.05, 0) is 55.5 Å². The minimum absolute atomic E-state index is 0.161. The van der Waals surface area contributed by atoms with E-state index >= 15 is 0 Å². The van der Waals surface area contributed by atoms with Gasteiger partial charge >= 0.3 is 6.01 Å². The molecule has 5 rings (SSSR count). The summed E-state index contributed by atoms with van der Waals surface area (Å²) in [4.78, 5) is 18.2. The number of anilines is 1. The van der Waals surface area contributed by atoms with Crippen molar-refractivity contribution in [2.24, 2.45) is 0 Å². The molecule has 0 spiro atoms. The first kappa shape index (κ1) is 24.3. The number of piperazine rings is 1. The van der Waals surface area contributed by atoms with Gasteiger partial charge in [0.1, 0.15) is 18.2 Å². The van der Waals surface area contributed by atoms with Gasteiger partial charge in [-0.3, -0.25) is 9.69 Å². The standard InChI is InChI=1S/C26H35N7O3/c1-19-18-32(20(2)34)15-14-30(19)16-17-36-23-6-4-21(5-7-23)22-10-12-31(13-11-22)25-9-8-24-27-28-26(35-3)33(24)29-25/h4-9,19,22H,10-18H2,1-3H3. The Balaban J connectivity index is 1.09. The van der Waals surface area contributed by atoms with Gasteiger partial charge in [-0.15, -0.1) is 10.2 Å². The van der Waals surface area contributed by atoms with Gasteiger partial charge in [-0.25, -0.2) is 0 Å². The molecule has 36 heavy (non-hydrogen) atoms. The number of nitrogens with zero attached hydrogens (tertiary/aromatic N) is 7. The molecule has 2 saturated heterocycles. The molecule has 1 atom stereocenters. The van der Waals surface area contributed by atoms with Gasteiger partial charge in [0.15, 0.2) is 5.65 Å². The van der Waals surface area contributed by atoms with Crippen molar-refractivity contribution in [3.8, 4) is 11.8 Å². The van der Waals surface area contributed by atoms with E-state index in [1.807, 2.05) is 17.0 Å². The van der Waals surface area contributed by atoms with Crippen molar-refractivity contribution >= 4 is 17.4 Å². The van der Waals surface area contributed by atoms with Gasteiger partial charge in [-0.1, -0.05) is 17.2 Å². The summed E-state index contributed by atoms with van der Waals surface area (Å²) in [7, 11) is 1.58. The SMILES string of the molecule is COc1nnc2ccc(N3CCC(c4ccc(OCCN5CCN(C(C)=O)CC5C)cc4)CC3)nn12. The predicted molar refractivity (Wildman–Crippen MR) is 137 cm³/mol. The summed E-state index contributed by atoms with van der Waals surface area (Å²) in [6.07, 6.45) is 2.15. The lowest BCUT2D eigenvalue weighted by Gasteiger charge is -2.39. The number of benzene rings is 1. The molecule has 2 aliphatic rings. The number of carbonyl (C=O) groups excluding carboxylic acids is 1. The number of carbonyl (C=O) groups is 1. The molecule has 1 unspecified atom stereocenters. The van der Waals surface area contributed by atoms with Crippen LogP contribution >= 0.6 is 0 Å². The summed E-state index contributed by atoms with van der Waals surface area (Å²) in [5.74, 6) is 2.52. The van der Waals surface area contributed by atoms with Crippen LogP contribution in [0.25, 0.3) is 5.65 Å². The first-order valence-corrected chi connectivity index (χ1v) is 12.8. The van der Waals surface area contributed by atoms with E-state index in [9.17, 15) is 4.79 Å². The zero-order valence-corrected chi connectivity index (χ0v) is 21.3. The lowest BCUT2D eigenvalue weighted by Crippen LogP contribution is -2.53. The zero-order chi connectivity index (χ0) is 25.1. The van der Waals surface area contributed by atoms with Crippen LogP contribution in [0.2, 0.25) is 0 Å². The Kier molecular flexibility index (Phi) is 7.22. The molecule has 192 valence electrons. The number of hydrogen-bond donors (Lipinski definition) is 0. The van der Waals surface area contributed by atoms with E-state index < -0.39 is 0 Å². The number of rotatable bonds is 7. The van der Waals surface area contributed by atoms with Crippen molar-refractivity contribution in [1.29, 1.82) is 0 Å². The molecule has 0 N–H and O–H groups in total. The van der Waals surface area contributed by atoms with E-state index in [4.69, 9.17) is 9.47 Å². The minimum atomic E-state index is 0.161. The van der Waals surface area contributed by atoms with E-state index in [0.717, 1.165) is 63.7 Å². The zero-order valence-electron chi connectivity index (χ0n) is 21.3. The summed E-state index contributed by atoms with van der Waals surface area (Å²) in [5.41, 5.74) is 2.04. The maximum absolute atomic E-state index is 11.6. The summed E-state index contributed by atoms with van der Waals surface area (Å²) < 4.78 is 12.9. The number of fused-ring (bicyclic) bond motifs is 1. The summed E-state index contributed by atoms with van der Waals surface area (Å²) >= 11 is 0. The molecule has 10 heteroatoms. The van der Waals surface area contributed by atoms with Gasteiger partial charge in [0, 0.05) is 52.2 Å². The monoisotopic (exact) mass is 493 g/mol. The molecule has 1 aromatic carbocycles. The smallest absolute Gasteiger partial charge is 0.338 e. The first-order chi connectivity index (χ1) is 17.5. The van der Waals surface area contributed by atoms with Crippen molar-refractivity contribution in [1.82, 2.24) is 29.6 Å². The van der Waals surface area contributed by atoms with Crippen LogP contribution in [0.5, 0.6) is 11.8 Å². The van der Waals surface area contributed by atoms with Crippen LogP contribution in [0.15, 0.2) is 36.4 Å². The van der Waals surface area contributed by atoms with Crippen LogP contribution in [0, 0.1) is 0 Å². The second-order valence-electron chi connectivity index (χ2n) is 9.68. The third kappa shape index (κ3) is 5.23. The van der Waals surface area contributed by atoms with Gasteiger partial charge in [0.05, 0.1) is 7.11 Å². The Hall–Kier alpha value is -3.40. The molecule has 0 radical (unpaired) electrons. The number of amides is 1. The maximum atomic E-state index is 11.6. The molecule has 2 aromatic heterocycles. The van der Waals surface area contributed by atoms with E-state index in [1.54, 1.807) is 18.5 Å². The fraction of sp³-hybridized carbons (Fsp3) is 0.538. The maximum Gasteiger partial charge on any atom is 0.338 e. The van der Waals surface area contributed by atoms with Gasteiger partial charge in [-0.2, -0.15) is 4.52 Å². The molecule has 0 bridgehead atoms. The lowest BCUT2D eigenvalue weighted by molar-refractivity contribution is -0.131. The fourth-order valence-electron chi connectivity index (χ4n) is 5.23. The Labute approximate surface area is 211 Å². The van der Waals surface area contributed by atoms with Crippen LogP contribution in [-0.2, 0) is 4.79 Å². The number of aromatic nitrogens is 4. The predicted octanol–water partition coefficient (Wildman–Crippen LogP) is 2.45. The van der Waals surface area contributed by atoms with Crippen LogP contribution in [0.3, 0.4) is 0 Å².